The summed E-state index contributed by atoms with van der Waals surface area (Å²) in [6.45, 7) is -0.250. The molecule has 2 heterocycles. The average molecular weight is 202 g/mol. The SMILES string of the molecule is O=CO.c1cc(-c2ccncc2)ccn1. The second kappa shape index (κ2) is 6.26. The minimum absolute atomic E-state index is 0.250. The lowest BCUT2D eigenvalue weighted by atomic mass is 10.1. The molecular weight excluding hydrogens is 192 g/mol. The summed E-state index contributed by atoms with van der Waals surface area (Å²) < 4.78 is 0. The molecule has 0 spiro atoms. The molecule has 0 aliphatic heterocycles. The Morgan fingerprint density at radius 2 is 1.13 bits per heavy atom. The Hall–Kier alpha value is -2.23. The molecule has 0 bridgehead atoms. The first-order valence-corrected chi connectivity index (χ1v) is 4.26. The second-order valence-corrected chi connectivity index (χ2v) is 2.58. The van der Waals surface area contributed by atoms with E-state index in [2.05, 4.69) is 9.97 Å². The normalized spacial score (nSPS) is 8.53. The summed E-state index contributed by atoms with van der Waals surface area (Å²) in [4.78, 5) is 16.3. The van der Waals surface area contributed by atoms with Crippen LogP contribution in [-0.4, -0.2) is 21.5 Å². The van der Waals surface area contributed by atoms with Crippen molar-refractivity contribution in [1.82, 2.24) is 9.97 Å². The Kier molecular flexibility index (Phi) is 4.53. The predicted molar refractivity (Wildman–Crippen MR) is 56.2 cm³/mol. The molecule has 0 radical (unpaired) electrons. The van der Waals surface area contributed by atoms with E-state index in [1.165, 1.54) is 11.1 Å². The van der Waals surface area contributed by atoms with E-state index >= 15 is 0 Å². The molecule has 0 saturated carbocycles. The van der Waals surface area contributed by atoms with Crippen LogP contribution in [0.4, 0.5) is 0 Å². The van der Waals surface area contributed by atoms with Crippen molar-refractivity contribution in [3.05, 3.63) is 49.1 Å². The van der Waals surface area contributed by atoms with Gasteiger partial charge in [-0.25, -0.2) is 0 Å². The van der Waals surface area contributed by atoms with Gasteiger partial charge in [0.1, 0.15) is 0 Å². The Morgan fingerprint density at radius 3 is 1.40 bits per heavy atom. The van der Waals surface area contributed by atoms with Crippen LogP contribution >= 0.6 is 0 Å². The van der Waals surface area contributed by atoms with E-state index in [4.69, 9.17) is 9.90 Å². The summed E-state index contributed by atoms with van der Waals surface area (Å²) in [5.41, 5.74) is 2.35. The summed E-state index contributed by atoms with van der Waals surface area (Å²) in [7, 11) is 0. The van der Waals surface area contributed by atoms with Crippen molar-refractivity contribution in [3.63, 3.8) is 0 Å². The number of aromatic nitrogens is 2. The third kappa shape index (κ3) is 3.56. The van der Waals surface area contributed by atoms with Crippen molar-refractivity contribution in [2.24, 2.45) is 0 Å². The molecule has 0 fully saturated rings. The zero-order chi connectivity index (χ0) is 10.9. The molecule has 1 N–H and O–H groups in total. The third-order valence-electron chi connectivity index (χ3n) is 1.69. The van der Waals surface area contributed by atoms with Gasteiger partial charge in [-0.2, -0.15) is 0 Å². The van der Waals surface area contributed by atoms with Gasteiger partial charge in [-0.3, -0.25) is 14.8 Å². The van der Waals surface area contributed by atoms with Gasteiger partial charge in [-0.1, -0.05) is 0 Å². The highest BCUT2D eigenvalue weighted by atomic mass is 16.3. The molecule has 2 aromatic heterocycles. The van der Waals surface area contributed by atoms with Crippen LogP contribution in [0, 0.1) is 0 Å². The number of pyridine rings is 2. The van der Waals surface area contributed by atoms with E-state index in [0.29, 0.717) is 0 Å². The van der Waals surface area contributed by atoms with Gasteiger partial charge in [0.2, 0.25) is 0 Å². The monoisotopic (exact) mass is 202 g/mol. The van der Waals surface area contributed by atoms with Crippen molar-refractivity contribution in [1.29, 1.82) is 0 Å². The van der Waals surface area contributed by atoms with E-state index in [-0.39, 0.29) is 6.47 Å². The van der Waals surface area contributed by atoms with Crippen molar-refractivity contribution < 1.29 is 9.90 Å². The molecule has 0 aromatic carbocycles. The Morgan fingerprint density at radius 1 is 0.867 bits per heavy atom. The van der Waals surface area contributed by atoms with E-state index in [1.54, 1.807) is 24.8 Å². The Balaban J connectivity index is 0.000000337. The van der Waals surface area contributed by atoms with Gasteiger partial charge in [-0.15, -0.1) is 0 Å². The zero-order valence-corrected chi connectivity index (χ0v) is 7.95. The molecule has 15 heavy (non-hydrogen) atoms. The first kappa shape index (κ1) is 10.8. The molecule has 76 valence electrons. The highest BCUT2D eigenvalue weighted by molar-refractivity contribution is 5.61. The summed E-state index contributed by atoms with van der Waals surface area (Å²) in [6, 6.07) is 7.93. The quantitative estimate of drug-likeness (QED) is 0.717. The molecule has 0 aliphatic rings. The van der Waals surface area contributed by atoms with E-state index in [1.807, 2.05) is 24.3 Å². The second-order valence-electron chi connectivity index (χ2n) is 2.58. The topological polar surface area (TPSA) is 63.1 Å². The number of hydrogen-bond acceptors (Lipinski definition) is 3. The van der Waals surface area contributed by atoms with Crippen LogP contribution in [0.1, 0.15) is 0 Å². The molecule has 2 aromatic rings. The number of hydrogen-bond donors (Lipinski definition) is 1. The molecule has 2 rings (SSSR count). The molecule has 4 heteroatoms. The van der Waals surface area contributed by atoms with Crippen LogP contribution in [-0.2, 0) is 4.79 Å². The summed E-state index contributed by atoms with van der Waals surface area (Å²) >= 11 is 0. The highest BCUT2D eigenvalue weighted by Gasteiger charge is 1.92. The third-order valence-corrected chi connectivity index (χ3v) is 1.69. The van der Waals surface area contributed by atoms with Gasteiger partial charge < -0.3 is 5.11 Å². The van der Waals surface area contributed by atoms with Crippen molar-refractivity contribution in [3.8, 4) is 11.1 Å². The summed E-state index contributed by atoms with van der Waals surface area (Å²) in [5.74, 6) is 0. The molecule has 4 nitrogen and oxygen atoms in total. The van der Waals surface area contributed by atoms with Crippen LogP contribution in [0.2, 0.25) is 0 Å². The largest absolute Gasteiger partial charge is 0.483 e. The maximum atomic E-state index is 8.36. The lowest BCUT2D eigenvalue weighted by Crippen LogP contribution is -1.77. The number of carbonyl (C=O) groups is 1. The predicted octanol–water partition coefficient (Wildman–Crippen LogP) is 1.84. The maximum absolute atomic E-state index is 8.36. The molecule has 0 unspecified atom stereocenters. The van der Waals surface area contributed by atoms with Crippen molar-refractivity contribution in [2.45, 2.75) is 0 Å². The van der Waals surface area contributed by atoms with Crippen LogP contribution < -0.4 is 0 Å². The number of carboxylic acid groups (broad SMARTS) is 1. The van der Waals surface area contributed by atoms with E-state index in [0.717, 1.165) is 0 Å². The van der Waals surface area contributed by atoms with Crippen molar-refractivity contribution in [2.75, 3.05) is 0 Å². The molecular formula is C11H10N2O2. The summed E-state index contributed by atoms with van der Waals surface area (Å²) in [5, 5.41) is 6.89. The van der Waals surface area contributed by atoms with Crippen LogP contribution in [0.25, 0.3) is 11.1 Å². The van der Waals surface area contributed by atoms with Gasteiger partial charge in [0.25, 0.3) is 6.47 Å². The molecule has 0 aliphatic carbocycles. The number of rotatable bonds is 1. The fourth-order valence-electron chi connectivity index (χ4n) is 1.09. The van der Waals surface area contributed by atoms with Crippen molar-refractivity contribution >= 4 is 6.47 Å². The van der Waals surface area contributed by atoms with Gasteiger partial charge in [-0.05, 0) is 35.4 Å². The molecule has 0 saturated heterocycles. The fourth-order valence-corrected chi connectivity index (χ4v) is 1.09. The van der Waals surface area contributed by atoms with Gasteiger partial charge in [0.05, 0.1) is 0 Å². The molecule has 0 amide bonds. The molecule has 0 atom stereocenters. The van der Waals surface area contributed by atoms with Crippen LogP contribution in [0.5, 0.6) is 0 Å². The van der Waals surface area contributed by atoms with E-state index in [9.17, 15) is 0 Å². The minimum Gasteiger partial charge on any atom is -0.483 e. The van der Waals surface area contributed by atoms with Crippen LogP contribution in [0.15, 0.2) is 49.1 Å². The maximum Gasteiger partial charge on any atom is 0.290 e. The summed E-state index contributed by atoms with van der Waals surface area (Å²) in [6.07, 6.45) is 7.15. The Bertz CT molecular complexity index is 352. The van der Waals surface area contributed by atoms with E-state index < -0.39 is 0 Å². The minimum atomic E-state index is -0.250. The lowest BCUT2D eigenvalue weighted by Gasteiger charge is -1.97. The standard InChI is InChI=1S/C10H8N2.CH2O2/c1-5-11-6-2-9(1)10-3-7-12-8-4-10;2-1-3/h1-8H;1H,(H,2,3). The zero-order valence-electron chi connectivity index (χ0n) is 7.95. The average Bonchev–Trinajstić information content (AvgIpc) is 2.32. The number of nitrogens with zero attached hydrogens (tertiary/aromatic N) is 2. The van der Waals surface area contributed by atoms with Gasteiger partial charge >= 0.3 is 0 Å². The highest BCUT2D eigenvalue weighted by Crippen LogP contribution is 2.15. The first-order chi connectivity index (χ1) is 7.38. The van der Waals surface area contributed by atoms with Gasteiger partial charge in [0, 0.05) is 24.8 Å². The lowest BCUT2D eigenvalue weighted by molar-refractivity contribution is -0.122. The van der Waals surface area contributed by atoms with Gasteiger partial charge in [0.15, 0.2) is 0 Å². The first-order valence-electron chi connectivity index (χ1n) is 4.26. The smallest absolute Gasteiger partial charge is 0.290 e. The van der Waals surface area contributed by atoms with Crippen LogP contribution in [0.3, 0.4) is 0 Å². The fraction of sp³-hybridized carbons (Fsp3) is 0. The Labute approximate surface area is 87.3 Å².